The lowest BCUT2D eigenvalue weighted by molar-refractivity contribution is -0.136. The molecule has 2 nitrogen and oxygen atoms in total. The predicted octanol–water partition coefficient (Wildman–Crippen LogP) is 4.68. The second-order valence-electron chi connectivity index (χ2n) is 3.59. The molecule has 0 bridgehead atoms. The molecule has 18 heavy (non-hydrogen) atoms. The molecule has 0 fully saturated rings. The van der Waals surface area contributed by atoms with Gasteiger partial charge in [0.2, 0.25) is 0 Å². The second kappa shape index (κ2) is 6.98. The maximum Gasteiger partial charge on any atom is 0.389 e. The smallest absolute Gasteiger partial charge is 0.389 e. The zero-order valence-electron chi connectivity index (χ0n) is 8.97. The van der Waals surface area contributed by atoms with E-state index >= 15 is 0 Å². The summed E-state index contributed by atoms with van der Waals surface area (Å²) in [5.41, 5.74) is 6.20. The number of aromatic hydroxyl groups is 1. The van der Waals surface area contributed by atoms with Crippen LogP contribution in [0.2, 0.25) is 0 Å². The quantitative estimate of drug-likeness (QED) is 0.756. The van der Waals surface area contributed by atoms with Gasteiger partial charge in [-0.2, -0.15) is 13.2 Å². The number of hydrogen-bond acceptors (Lipinski definition) is 2. The molecule has 1 atom stereocenters. The summed E-state index contributed by atoms with van der Waals surface area (Å²) >= 11 is 6.20. The van der Waals surface area contributed by atoms with Crippen molar-refractivity contribution < 1.29 is 18.3 Å². The van der Waals surface area contributed by atoms with E-state index in [1.54, 1.807) is 0 Å². The van der Waals surface area contributed by atoms with Crippen LogP contribution in [0, 0.1) is 0 Å². The lowest BCUT2D eigenvalue weighted by atomic mass is 10.0. The molecule has 104 valence electrons. The van der Waals surface area contributed by atoms with Crippen molar-refractivity contribution in [1.29, 1.82) is 0 Å². The number of phenols is 1. The van der Waals surface area contributed by atoms with E-state index in [1.807, 2.05) is 0 Å². The maximum atomic E-state index is 12.0. The van der Waals surface area contributed by atoms with Gasteiger partial charge in [0, 0.05) is 12.5 Å². The molecule has 0 heterocycles. The molecule has 0 aromatic heterocycles. The van der Waals surface area contributed by atoms with E-state index in [9.17, 15) is 18.3 Å². The summed E-state index contributed by atoms with van der Waals surface area (Å²) in [5.74, 6) is -0.00299. The third-order valence-electron chi connectivity index (χ3n) is 2.21. The Morgan fingerprint density at radius 2 is 1.67 bits per heavy atom. The van der Waals surface area contributed by atoms with Crippen molar-refractivity contribution in [2.24, 2.45) is 5.73 Å². The van der Waals surface area contributed by atoms with Crippen molar-refractivity contribution in [3.63, 3.8) is 0 Å². The van der Waals surface area contributed by atoms with Gasteiger partial charge in [0.15, 0.2) is 0 Å². The summed E-state index contributed by atoms with van der Waals surface area (Å²) in [7, 11) is 0. The topological polar surface area (TPSA) is 46.2 Å². The minimum Gasteiger partial charge on any atom is -0.506 e. The van der Waals surface area contributed by atoms with Gasteiger partial charge in [-0.15, -0.1) is 12.4 Å². The Morgan fingerprint density at radius 3 is 2.06 bits per heavy atom. The van der Waals surface area contributed by atoms with E-state index in [0.717, 1.165) is 0 Å². The SMILES string of the molecule is Cl.N[C@@H](CCC(F)(F)F)c1cc(Br)c(O)c(Br)c1. The molecule has 0 aliphatic carbocycles. The molecule has 0 saturated heterocycles. The molecule has 8 heteroatoms. The van der Waals surface area contributed by atoms with Crippen LogP contribution in [0.1, 0.15) is 24.4 Å². The molecule has 0 saturated carbocycles. The zero-order valence-corrected chi connectivity index (χ0v) is 13.0. The van der Waals surface area contributed by atoms with Gasteiger partial charge < -0.3 is 10.8 Å². The van der Waals surface area contributed by atoms with Gasteiger partial charge in [-0.1, -0.05) is 0 Å². The predicted molar refractivity (Wildman–Crippen MR) is 73.0 cm³/mol. The monoisotopic (exact) mass is 411 g/mol. The highest BCUT2D eigenvalue weighted by Gasteiger charge is 2.28. The van der Waals surface area contributed by atoms with Crippen LogP contribution in [-0.4, -0.2) is 11.3 Å². The standard InChI is InChI=1S/C10H10Br2F3NO.ClH/c11-6-3-5(4-7(12)9(6)17)8(16)1-2-10(13,14)15;/h3-4,8,17H,1-2,16H2;1H/t8-;/m0./s1. The molecule has 1 aromatic carbocycles. The molecule has 0 aliphatic rings. The average Bonchev–Trinajstić information content (AvgIpc) is 2.20. The van der Waals surface area contributed by atoms with E-state index in [1.165, 1.54) is 12.1 Å². The van der Waals surface area contributed by atoms with E-state index in [0.29, 0.717) is 14.5 Å². The molecule has 3 N–H and O–H groups in total. The van der Waals surface area contributed by atoms with Gasteiger partial charge in [-0.25, -0.2) is 0 Å². The van der Waals surface area contributed by atoms with Crippen LogP contribution >= 0.6 is 44.3 Å². The first-order valence-corrected chi connectivity index (χ1v) is 6.29. The summed E-state index contributed by atoms with van der Waals surface area (Å²) in [5, 5.41) is 9.46. The highest BCUT2D eigenvalue weighted by molar-refractivity contribution is 9.11. The summed E-state index contributed by atoms with van der Waals surface area (Å²) in [4.78, 5) is 0. The second-order valence-corrected chi connectivity index (χ2v) is 5.30. The van der Waals surface area contributed by atoms with Gasteiger partial charge >= 0.3 is 6.18 Å². The Kier molecular flexibility index (Phi) is 6.99. The van der Waals surface area contributed by atoms with Gasteiger partial charge in [-0.05, 0) is 56.0 Å². The van der Waals surface area contributed by atoms with E-state index < -0.39 is 18.6 Å². The molecule has 0 unspecified atom stereocenters. The number of hydrogen-bond donors (Lipinski definition) is 2. The van der Waals surface area contributed by atoms with Gasteiger partial charge in [0.05, 0.1) is 8.95 Å². The van der Waals surface area contributed by atoms with Crippen molar-refractivity contribution in [2.45, 2.75) is 25.1 Å². The maximum absolute atomic E-state index is 12.0. The molecular formula is C10H11Br2ClF3NO. The Bertz CT molecular complexity index is 392. The Labute approximate surface area is 125 Å². The minimum atomic E-state index is -4.21. The van der Waals surface area contributed by atoms with E-state index in [2.05, 4.69) is 31.9 Å². The minimum absolute atomic E-state index is 0. The van der Waals surface area contributed by atoms with E-state index in [-0.39, 0.29) is 24.6 Å². The molecule has 0 spiro atoms. The van der Waals surface area contributed by atoms with Crippen molar-refractivity contribution in [1.82, 2.24) is 0 Å². The first-order valence-electron chi connectivity index (χ1n) is 4.71. The van der Waals surface area contributed by atoms with Gasteiger partial charge in [0.1, 0.15) is 5.75 Å². The number of phenolic OH excluding ortho intramolecular Hbond substituents is 1. The number of nitrogens with two attached hydrogens (primary N) is 1. The summed E-state index contributed by atoms with van der Waals surface area (Å²) < 4.78 is 36.9. The molecule has 1 aromatic rings. The first-order chi connectivity index (χ1) is 7.70. The molecule has 0 radical (unpaired) electrons. The van der Waals surface area contributed by atoms with Crippen LogP contribution in [0.4, 0.5) is 13.2 Å². The number of alkyl halides is 3. The lowest BCUT2D eigenvalue weighted by Crippen LogP contribution is -2.15. The van der Waals surface area contributed by atoms with Crippen molar-refractivity contribution >= 4 is 44.3 Å². The Hall–Kier alpha value is 0.0200. The van der Waals surface area contributed by atoms with Crippen LogP contribution in [0.3, 0.4) is 0 Å². The van der Waals surface area contributed by atoms with Crippen LogP contribution in [0.15, 0.2) is 21.1 Å². The fourth-order valence-electron chi connectivity index (χ4n) is 1.29. The highest BCUT2D eigenvalue weighted by Crippen LogP contribution is 2.36. The highest BCUT2D eigenvalue weighted by atomic mass is 79.9. The largest absolute Gasteiger partial charge is 0.506 e. The lowest BCUT2D eigenvalue weighted by Gasteiger charge is -2.15. The third kappa shape index (κ3) is 5.34. The van der Waals surface area contributed by atoms with Crippen molar-refractivity contribution in [3.05, 3.63) is 26.6 Å². The third-order valence-corrected chi connectivity index (χ3v) is 3.42. The zero-order chi connectivity index (χ0) is 13.2. The van der Waals surface area contributed by atoms with Crippen molar-refractivity contribution in [3.8, 4) is 5.75 Å². The van der Waals surface area contributed by atoms with Gasteiger partial charge in [-0.3, -0.25) is 0 Å². The summed E-state index contributed by atoms with van der Waals surface area (Å²) in [6.45, 7) is 0. The normalized spacial score (nSPS) is 13.0. The number of halogens is 6. The fraction of sp³-hybridized carbons (Fsp3) is 0.400. The fourth-order valence-corrected chi connectivity index (χ4v) is 2.51. The summed E-state index contributed by atoms with van der Waals surface area (Å²) in [6, 6.07) is 2.31. The van der Waals surface area contributed by atoms with Crippen LogP contribution < -0.4 is 5.73 Å². The molecule has 0 amide bonds. The number of rotatable bonds is 3. The van der Waals surface area contributed by atoms with Crippen LogP contribution in [0.25, 0.3) is 0 Å². The van der Waals surface area contributed by atoms with Gasteiger partial charge in [0.25, 0.3) is 0 Å². The van der Waals surface area contributed by atoms with Crippen molar-refractivity contribution in [2.75, 3.05) is 0 Å². The molecule has 0 aliphatic heterocycles. The van der Waals surface area contributed by atoms with Crippen LogP contribution in [-0.2, 0) is 0 Å². The Balaban J connectivity index is 0.00000289. The van der Waals surface area contributed by atoms with E-state index in [4.69, 9.17) is 5.73 Å². The van der Waals surface area contributed by atoms with Crippen LogP contribution in [0.5, 0.6) is 5.75 Å². The number of benzene rings is 1. The average molecular weight is 413 g/mol. The molecular weight excluding hydrogens is 402 g/mol. The molecule has 1 rings (SSSR count). The first kappa shape index (κ1) is 18.0. The Morgan fingerprint density at radius 1 is 1.22 bits per heavy atom. The summed E-state index contributed by atoms with van der Waals surface area (Å²) in [6.07, 6.45) is -5.32.